The number of anilines is 1. The van der Waals surface area contributed by atoms with Gasteiger partial charge in [0.05, 0.1) is 6.57 Å². The van der Waals surface area contributed by atoms with Crippen molar-refractivity contribution in [3.05, 3.63) is 93.1 Å². The van der Waals surface area contributed by atoms with Crippen LogP contribution in [0, 0.1) is 12.4 Å². The third kappa shape index (κ3) is 4.41. The maximum Gasteiger partial charge on any atom is 0.277 e. The monoisotopic (exact) mass is 363 g/mol. The number of halogens is 1. The van der Waals surface area contributed by atoms with Gasteiger partial charge in [0, 0.05) is 19.3 Å². The zero-order valence-electron chi connectivity index (χ0n) is 14.3. The average molecular weight is 363 g/mol. The van der Waals surface area contributed by atoms with Gasteiger partial charge in [-0.05, 0) is 36.2 Å². The Kier molecular flexibility index (Phi) is 5.04. The first-order chi connectivity index (χ1) is 12.9. The molecule has 0 aliphatic heterocycles. The molecule has 27 heavy (non-hydrogen) atoms. The summed E-state index contributed by atoms with van der Waals surface area (Å²) in [5, 5.41) is 6.47. The van der Waals surface area contributed by atoms with Crippen LogP contribution in [-0.2, 0) is 13.5 Å². The number of aryl methyl sites for hydroxylation is 1. The van der Waals surface area contributed by atoms with Crippen molar-refractivity contribution >= 4 is 17.4 Å². The van der Waals surface area contributed by atoms with E-state index in [4.69, 9.17) is 6.57 Å². The predicted octanol–water partition coefficient (Wildman–Crippen LogP) is 2.71. The third-order valence-electron chi connectivity index (χ3n) is 3.74. The van der Waals surface area contributed by atoms with E-state index in [1.807, 2.05) is 0 Å². The van der Waals surface area contributed by atoms with E-state index in [-0.39, 0.29) is 16.9 Å². The minimum atomic E-state index is -0.488. The molecule has 1 N–H and O–H groups in total. The van der Waals surface area contributed by atoms with Crippen LogP contribution in [0.4, 0.5) is 15.9 Å². The summed E-state index contributed by atoms with van der Waals surface area (Å²) in [4.78, 5) is 30.9. The van der Waals surface area contributed by atoms with Crippen molar-refractivity contribution in [1.82, 2.24) is 14.8 Å². The van der Waals surface area contributed by atoms with Gasteiger partial charge in [-0.25, -0.2) is 18.9 Å². The number of nitrogens with one attached hydrogen (secondary N) is 1. The number of benzene rings is 1. The molecule has 0 spiro atoms. The van der Waals surface area contributed by atoms with Gasteiger partial charge in [-0.15, -0.1) is 0 Å². The van der Waals surface area contributed by atoms with Crippen LogP contribution >= 0.6 is 0 Å². The Balaban J connectivity index is 1.71. The van der Waals surface area contributed by atoms with E-state index in [2.05, 4.69) is 20.2 Å². The normalized spacial score (nSPS) is 10.3. The smallest absolute Gasteiger partial charge is 0.277 e. The summed E-state index contributed by atoms with van der Waals surface area (Å²) < 4.78 is 14.6. The summed E-state index contributed by atoms with van der Waals surface area (Å²) in [7, 11) is 1.46. The standard InChI is InChI=1S/C19H14FN5O2/c1-21-15-9-13(8-14(20)10-15)7-12-3-5-17(22-11-12)23-19(27)16-4-6-18(26)25(2)24-16/h3-6,8-11H,7H2,2H3,(H,22,23,27). The molecule has 7 nitrogen and oxygen atoms in total. The quantitative estimate of drug-likeness (QED) is 0.723. The minimum absolute atomic E-state index is 0.0920. The molecule has 1 aromatic carbocycles. The largest absolute Gasteiger partial charge is 0.305 e. The molecular formula is C19H14FN5O2. The fraction of sp³-hybridized carbons (Fsp3) is 0.105. The van der Waals surface area contributed by atoms with Gasteiger partial charge in [0.25, 0.3) is 11.5 Å². The van der Waals surface area contributed by atoms with Crippen LogP contribution in [0.3, 0.4) is 0 Å². The Hall–Kier alpha value is -3.86. The van der Waals surface area contributed by atoms with Crippen molar-refractivity contribution in [2.24, 2.45) is 7.05 Å². The Morgan fingerprint density at radius 3 is 2.70 bits per heavy atom. The van der Waals surface area contributed by atoms with E-state index in [9.17, 15) is 14.0 Å². The summed E-state index contributed by atoms with van der Waals surface area (Å²) in [5.41, 5.74) is 1.48. The van der Waals surface area contributed by atoms with E-state index in [1.165, 1.54) is 31.3 Å². The van der Waals surface area contributed by atoms with Gasteiger partial charge in [-0.1, -0.05) is 17.7 Å². The van der Waals surface area contributed by atoms with Crippen molar-refractivity contribution in [2.75, 3.05) is 5.32 Å². The molecular weight excluding hydrogens is 349 g/mol. The molecule has 1 amide bonds. The van der Waals surface area contributed by atoms with Gasteiger partial charge in [0.15, 0.2) is 5.69 Å². The molecule has 0 atom stereocenters. The molecule has 0 aliphatic rings. The van der Waals surface area contributed by atoms with Crippen molar-refractivity contribution in [3.8, 4) is 0 Å². The van der Waals surface area contributed by atoms with E-state index in [1.54, 1.807) is 24.4 Å². The predicted molar refractivity (Wildman–Crippen MR) is 97.1 cm³/mol. The van der Waals surface area contributed by atoms with Crippen LogP contribution in [0.15, 0.2) is 53.5 Å². The van der Waals surface area contributed by atoms with E-state index in [0.29, 0.717) is 17.8 Å². The van der Waals surface area contributed by atoms with Crippen LogP contribution < -0.4 is 10.9 Å². The highest BCUT2D eigenvalue weighted by molar-refractivity contribution is 6.02. The lowest BCUT2D eigenvalue weighted by Gasteiger charge is -2.07. The molecule has 0 saturated heterocycles. The van der Waals surface area contributed by atoms with E-state index in [0.717, 1.165) is 10.2 Å². The van der Waals surface area contributed by atoms with Gasteiger partial charge in [-0.2, -0.15) is 5.10 Å². The second kappa shape index (κ2) is 7.58. The second-order valence-electron chi connectivity index (χ2n) is 5.79. The van der Waals surface area contributed by atoms with E-state index >= 15 is 0 Å². The van der Waals surface area contributed by atoms with Crippen molar-refractivity contribution in [3.63, 3.8) is 0 Å². The number of hydrogen-bond donors (Lipinski definition) is 1. The third-order valence-corrected chi connectivity index (χ3v) is 3.74. The highest BCUT2D eigenvalue weighted by Crippen LogP contribution is 2.19. The Bertz CT molecular complexity index is 1100. The molecule has 8 heteroatoms. The van der Waals surface area contributed by atoms with Crippen molar-refractivity contribution in [2.45, 2.75) is 6.42 Å². The lowest BCUT2D eigenvalue weighted by molar-refractivity contribution is 0.101. The van der Waals surface area contributed by atoms with Gasteiger partial charge in [0.2, 0.25) is 0 Å². The summed E-state index contributed by atoms with van der Waals surface area (Å²) in [6, 6.07) is 10.1. The van der Waals surface area contributed by atoms with Crippen LogP contribution in [0.2, 0.25) is 0 Å². The molecule has 0 saturated carbocycles. The molecule has 3 aromatic rings. The number of amides is 1. The minimum Gasteiger partial charge on any atom is -0.305 e. The van der Waals surface area contributed by atoms with Crippen LogP contribution in [0.25, 0.3) is 4.85 Å². The molecule has 3 rings (SSSR count). The summed E-state index contributed by atoms with van der Waals surface area (Å²) in [5.74, 6) is -0.627. The molecule has 134 valence electrons. The lowest BCUT2D eigenvalue weighted by Crippen LogP contribution is -2.23. The first kappa shape index (κ1) is 17.9. The first-order valence-corrected chi connectivity index (χ1v) is 7.92. The van der Waals surface area contributed by atoms with Crippen molar-refractivity contribution < 1.29 is 9.18 Å². The molecule has 0 fully saturated rings. The topological polar surface area (TPSA) is 81.2 Å². The Labute approximate surface area is 153 Å². The molecule has 0 unspecified atom stereocenters. The van der Waals surface area contributed by atoms with E-state index < -0.39 is 11.7 Å². The van der Waals surface area contributed by atoms with Gasteiger partial charge >= 0.3 is 0 Å². The molecule has 0 aliphatic carbocycles. The molecule has 0 radical (unpaired) electrons. The van der Waals surface area contributed by atoms with Crippen LogP contribution in [0.5, 0.6) is 0 Å². The summed E-state index contributed by atoms with van der Waals surface area (Å²) in [6.07, 6.45) is 1.97. The fourth-order valence-electron chi connectivity index (χ4n) is 2.44. The maximum atomic E-state index is 13.5. The highest BCUT2D eigenvalue weighted by Gasteiger charge is 2.10. The van der Waals surface area contributed by atoms with Crippen LogP contribution in [0.1, 0.15) is 21.6 Å². The number of rotatable bonds is 4. The zero-order chi connectivity index (χ0) is 19.4. The molecule has 2 aromatic heterocycles. The average Bonchev–Trinajstić information content (AvgIpc) is 2.65. The van der Waals surface area contributed by atoms with Gasteiger partial charge in [-0.3, -0.25) is 9.59 Å². The fourth-order valence-corrected chi connectivity index (χ4v) is 2.44. The zero-order valence-corrected chi connectivity index (χ0v) is 14.3. The van der Waals surface area contributed by atoms with Crippen LogP contribution in [-0.4, -0.2) is 20.7 Å². The molecule has 2 heterocycles. The Morgan fingerprint density at radius 2 is 2.04 bits per heavy atom. The maximum absolute atomic E-state index is 13.5. The number of aromatic nitrogens is 3. The number of hydrogen-bond acceptors (Lipinski definition) is 4. The summed E-state index contributed by atoms with van der Waals surface area (Å²) >= 11 is 0. The lowest BCUT2D eigenvalue weighted by atomic mass is 10.1. The number of nitrogens with zero attached hydrogens (tertiary/aromatic N) is 4. The van der Waals surface area contributed by atoms with Crippen molar-refractivity contribution in [1.29, 1.82) is 0 Å². The first-order valence-electron chi connectivity index (χ1n) is 7.92. The Morgan fingerprint density at radius 1 is 1.22 bits per heavy atom. The highest BCUT2D eigenvalue weighted by atomic mass is 19.1. The summed E-state index contributed by atoms with van der Waals surface area (Å²) in [6.45, 7) is 6.99. The van der Waals surface area contributed by atoms with Gasteiger partial charge in [0.1, 0.15) is 17.3 Å². The molecule has 0 bridgehead atoms. The number of carbonyl (C=O) groups is 1. The second-order valence-corrected chi connectivity index (χ2v) is 5.79. The number of pyridine rings is 1. The number of carbonyl (C=O) groups excluding carboxylic acids is 1. The SMILES string of the molecule is [C-]#[N+]c1cc(F)cc(Cc2ccc(NC(=O)c3ccc(=O)n(C)n3)nc2)c1. The van der Waals surface area contributed by atoms with Gasteiger partial charge < -0.3 is 5.32 Å².